The van der Waals surface area contributed by atoms with Crippen LogP contribution in [0.5, 0.6) is 0 Å². The number of hydrogen-bond acceptors (Lipinski definition) is 4. The number of nitro groups is 1. The number of nitrogens with zero attached hydrogens (tertiary/aromatic N) is 5. The lowest BCUT2D eigenvalue weighted by atomic mass is 10.1. The summed E-state index contributed by atoms with van der Waals surface area (Å²) < 4.78 is 4.01. The summed E-state index contributed by atoms with van der Waals surface area (Å²) in [5, 5.41) is 15.8. The van der Waals surface area contributed by atoms with Gasteiger partial charge in [0.15, 0.2) is 0 Å². The van der Waals surface area contributed by atoms with Gasteiger partial charge >= 0.3 is 0 Å². The van der Waals surface area contributed by atoms with Crippen molar-refractivity contribution in [2.24, 2.45) is 0 Å². The van der Waals surface area contributed by atoms with Crippen LogP contribution in [0.3, 0.4) is 0 Å². The minimum Gasteiger partial charge on any atom is -0.328 e. The van der Waals surface area contributed by atoms with Gasteiger partial charge in [-0.3, -0.25) is 14.9 Å². The first-order chi connectivity index (χ1) is 13.3. The predicted molar refractivity (Wildman–Crippen MR) is 103 cm³/mol. The lowest BCUT2D eigenvalue weighted by Gasteiger charge is -2.24. The van der Waals surface area contributed by atoms with Crippen LogP contribution in [0.2, 0.25) is 0 Å². The molecule has 0 spiro atoms. The van der Waals surface area contributed by atoms with E-state index in [1.165, 1.54) is 18.2 Å². The molecule has 1 aliphatic heterocycles. The summed E-state index contributed by atoms with van der Waals surface area (Å²) in [6, 6.07) is 9.74. The van der Waals surface area contributed by atoms with Crippen LogP contribution in [0.25, 0.3) is 5.82 Å². The molecule has 8 heteroatoms. The van der Waals surface area contributed by atoms with Crippen molar-refractivity contribution in [1.82, 2.24) is 19.2 Å². The molecule has 0 fully saturated rings. The number of hydrogen-bond donors (Lipinski definition) is 0. The van der Waals surface area contributed by atoms with Gasteiger partial charge in [-0.1, -0.05) is 6.07 Å². The Morgan fingerprint density at radius 1 is 1.14 bits per heavy atom. The smallest absolute Gasteiger partial charge is 0.270 e. The molecule has 0 unspecified atom stereocenters. The number of carbonyl (C=O) groups is 1. The first kappa shape index (κ1) is 18.0. The first-order valence-corrected chi connectivity index (χ1v) is 9.04. The molecule has 8 nitrogen and oxygen atoms in total. The number of carbonyl (C=O) groups excluding carboxylic acids is 1. The van der Waals surface area contributed by atoms with E-state index in [1.807, 2.05) is 33.8 Å². The second-order valence-corrected chi connectivity index (χ2v) is 7.89. The number of rotatable bonds is 3. The summed E-state index contributed by atoms with van der Waals surface area (Å²) in [6.07, 6.45) is 3.93. The molecule has 0 radical (unpaired) electrons. The van der Waals surface area contributed by atoms with Crippen molar-refractivity contribution >= 4 is 11.6 Å². The summed E-state index contributed by atoms with van der Waals surface area (Å²) in [5.41, 5.74) is 1.88. The Hall–Kier alpha value is -3.42. The number of amides is 1. The van der Waals surface area contributed by atoms with Crippen LogP contribution in [0.1, 0.15) is 42.4 Å². The largest absolute Gasteiger partial charge is 0.328 e. The molecule has 1 aliphatic rings. The summed E-state index contributed by atoms with van der Waals surface area (Å²) in [7, 11) is 0. The number of non-ortho nitro benzene ring substituents is 1. The molecule has 3 aromatic rings. The van der Waals surface area contributed by atoms with Crippen molar-refractivity contribution in [3.05, 3.63) is 75.7 Å². The van der Waals surface area contributed by atoms with E-state index in [-0.39, 0.29) is 17.1 Å². The van der Waals surface area contributed by atoms with Crippen molar-refractivity contribution < 1.29 is 9.72 Å². The average Bonchev–Trinajstić information content (AvgIpc) is 3.35. The number of aromatic nitrogens is 3. The zero-order valence-corrected chi connectivity index (χ0v) is 16.0. The van der Waals surface area contributed by atoms with E-state index in [0.717, 1.165) is 17.1 Å². The van der Waals surface area contributed by atoms with E-state index < -0.39 is 4.92 Å². The number of nitro benzene ring substituents is 1. The normalized spacial score (nSPS) is 13.6. The van der Waals surface area contributed by atoms with Gasteiger partial charge in [-0.25, -0.2) is 4.68 Å². The molecule has 2 aromatic heterocycles. The van der Waals surface area contributed by atoms with Crippen LogP contribution in [-0.2, 0) is 18.6 Å². The van der Waals surface area contributed by atoms with Gasteiger partial charge in [0.05, 0.1) is 29.2 Å². The van der Waals surface area contributed by atoms with Crippen LogP contribution in [-0.4, -0.2) is 30.1 Å². The molecule has 0 atom stereocenters. The van der Waals surface area contributed by atoms with Gasteiger partial charge in [0.25, 0.3) is 11.6 Å². The van der Waals surface area contributed by atoms with Gasteiger partial charge < -0.3 is 9.47 Å². The Balaban J connectivity index is 1.69. The summed E-state index contributed by atoms with van der Waals surface area (Å²) in [4.78, 5) is 25.1. The van der Waals surface area contributed by atoms with Crippen LogP contribution in [0.4, 0.5) is 5.69 Å². The van der Waals surface area contributed by atoms with E-state index >= 15 is 0 Å². The van der Waals surface area contributed by atoms with Crippen LogP contribution >= 0.6 is 0 Å². The standard InChI is InChI=1S/C20H21N5O3/c1-20(2,3)24-18(22-9-4-5-10-22)16-12-23(13-17(16)21-24)19(26)14-7-6-8-15(11-14)25(27)28/h4-11H,12-13H2,1-3H3. The molecule has 28 heavy (non-hydrogen) atoms. The van der Waals surface area contributed by atoms with E-state index in [9.17, 15) is 14.9 Å². The minimum absolute atomic E-state index is 0.0891. The van der Waals surface area contributed by atoms with Gasteiger partial charge in [-0.2, -0.15) is 5.10 Å². The number of fused-ring (bicyclic) bond motifs is 1. The van der Waals surface area contributed by atoms with Gasteiger partial charge in [-0.05, 0) is 39.0 Å². The Kier molecular flexibility index (Phi) is 4.06. The third-order valence-corrected chi connectivity index (χ3v) is 4.80. The lowest BCUT2D eigenvalue weighted by molar-refractivity contribution is -0.384. The fraction of sp³-hybridized carbons (Fsp3) is 0.300. The highest BCUT2D eigenvalue weighted by molar-refractivity contribution is 5.95. The van der Waals surface area contributed by atoms with Crippen molar-refractivity contribution in [3.63, 3.8) is 0 Å². The second kappa shape index (κ2) is 6.33. The zero-order chi connectivity index (χ0) is 20.1. The van der Waals surface area contributed by atoms with Gasteiger partial charge in [-0.15, -0.1) is 0 Å². The van der Waals surface area contributed by atoms with E-state index in [0.29, 0.717) is 18.7 Å². The molecule has 1 amide bonds. The molecule has 0 bridgehead atoms. The predicted octanol–water partition coefficient (Wildman–Crippen LogP) is 3.49. The van der Waals surface area contributed by atoms with Gasteiger partial charge in [0, 0.05) is 35.7 Å². The second-order valence-electron chi connectivity index (χ2n) is 7.89. The highest BCUT2D eigenvalue weighted by atomic mass is 16.6. The maximum absolute atomic E-state index is 12.9. The molecule has 0 saturated carbocycles. The van der Waals surface area contributed by atoms with E-state index in [1.54, 1.807) is 11.0 Å². The highest BCUT2D eigenvalue weighted by Crippen LogP contribution is 2.32. The van der Waals surface area contributed by atoms with Gasteiger partial charge in [0.2, 0.25) is 0 Å². The molecule has 4 rings (SSSR count). The van der Waals surface area contributed by atoms with Crippen LogP contribution in [0, 0.1) is 10.1 Å². The average molecular weight is 379 g/mol. The van der Waals surface area contributed by atoms with Gasteiger partial charge in [0.1, 0.15) is 5.82 Å². The first-order valence-electron chi connectivity index (χ1n) is 9.04. The maximum atomic E-state index is 12.9. The molecule has 144 valence electrons. The molecular formula is C20H21N5O3. The highest BCUT2D eigenvalue weighted by Gasteiger charge is 2.34. The van der Waals surface area contributed by atoms with Crippen LogP contribution in [0.15, 0.2) is 48.8 Å². The SMILES string of the molecule is CC(C)(C)n1nc2c(c1-n1cccc1)CN(C(=O)c1cccc([N+](=O)[O-])c1)C2. The Morgan fingerprint density at radius 3 is 2.50 bits per heavy atom. The minimum atomic E-state index is -0.493. The van der Waals surface area contributed by atoms with Crippen molar-refractivity contribution in [3.8, 4) is 5.82 Å². The van der Waals surface area contributed by atoms with E-state index in [4.69, 9.17) is 5.10 Å². The fourth-order valence-corrected chi connectivity index (χ4v) is 3.49. The lowest BCUT2D eigenvalue weighted by Crippen LogP contribution is -2.29. The van der Waals surface area contributed by atoms with Crippen molar-refractivity contribution in [2.45, 2.75) is 39.4 Å². The quantitative estimate of drug-likeness (QED) is 0.515. The summed E-state index contributed by atoms with van der Waals surface area (Å²) in [5.74, 6) is 0.712. The Bertz CT molecular complexity index is 1060. The molecule has 3 heterocycles. The third-order valence-electron chi connectivity index (χ3n) is 4.80. The molecular weight excluding hydrogens is 358 g/mol. The zero-order valence-electron chi connectivity index (χ0n) is 16.0. The Labute approximate surface area is 162 Å². The molecule has 0 N–H and O–H groups in total. The fourth-order valence-electron chi connectivity index (χ4n) is 3.49. The van der Waals surface area contributed by atoms with E-state index in [2.05, 4.69) is 20.8 Å². The summed E-state index contributed by atoms with van der Waals surface area (Å²) >= 11 is 0. The van der Waals surface area contributed by atoms with Crippen molar-refractivity contribution in [1.29, 1.82) is 0 Å². The topological polar surface area (TPSA) is 86.2 Å². The Morgan fingerprint density at radius 2 is 1.86 bits per heavy atom. The summed E-state index contributed by atoms with van der Waals surface area (Å²) in [6.45, 7) is 7.07. The molecule has 1 aromatic carbocycles. The van der Waals surface area contributed by atoms with Crippen molar-refractivity contribution in [2.75, 3.05) is 0 Å². The maximum Gasteiger partial charge on any atom is 0.270 e. The molecule has 0 aliphatic carbocycles. The monoisotopic (exact) mass is 379 g/mol. The van der Waals surface area contributed by atoms with Crippen LogP contribution < -0.4 is 0 Å². The number of benzene rings is 1. The third kappa shape index (κ3) is 2.96. The molecule has 0 saturated heterocycles.